The number of carbonyl (C=O) groups is 2. The Kier molecular flexibility index (Phi) is 4.87. The maximum Gasteiger partial charge on any atom is 0.310 e. The number of nitro groups is 1. The lowest BCUT2D eigenvalue weighted by Crippen LogP contribution is -2.46. The van der Waals surface area contributed by atoms with Crippen molar-refractivity contribution in [3.63, 3.8) is 0 Å². The minimum atomic E-state index is -0.699. The average Bonchev–Trinajstić information content (AvgIpc) is 3.14. The van der Waals surface area contributed by atoms with Crippen molar-refractivity contribution in [1.29, 1.82) is 0 Å². The second-order valence-electron chi connectivity index (χ2n) is 6.58. The molecule has 0 unspecified atom stereocenters. The summed E-state index contributed by atoms with van der Waals surface area (Å²) in [4.78, 5) is 38.7. The van der Waals surface area contributed by atoms with Crippen LogP contribution in [0.1, 0.15) is 36.0 Å². The van der Waals surface area contributed by atoms with E-state index in [1.807, 2.05) is 4.90 Å². The van der Waals surface area contributed by atoms with Gasteiger partial charge >= 0.3 is 5.69 Å². The molecule has 0 aromatic heterocycles. The van der Waals surface area contributed by atoms with Crippen LogP contribution >= 0.6 is 0 Å². The van der Waals surface area contributed by atoms with Crippen molar-refractivity contribution < 1.29 is 19.6 Å². The van der Waals surface area contributed by atoms with Crippen molar-refractivity contribution in [1.82, 2.24) is 9.80 Å². The summed E-state index contributed by atoms with van der Waals surface area (Å²) in [6.07, 6.45) is 3.58. The summed E-state index contributed by atoms with van der Waals surface area (Å²) in [6, 6.07) is 3.58. The number of nitro benzene ring substituents is 1. The van der Waals surface area contributed by atoms with E-state index in [2.05, 4.69) is 0 Å². The molecule has 0 aliphatic carbocycles. The van der Waals surface area contributed by atoms with Crippen LogP contribution in [-0.4, -0.2) is 57.8 Å². The van der Waals surface area contributed by atoms with Crippen LogP contribution in [0.5, 0.6) is 5.75 Å². The van der Waals surface area contributed by atoms with Gasteiger partial charge in [-0.2, -0.15) is 0 Å². The molecule has 1 N–H and O–H groups in total. The fraction of sp³-hybridized carbons (Fsp3) is 0.529. The van der Waals surface area contributed by atoms with Crippen LogP contribution in [-0.2, 0) is 4.79 Å². The molecule has 2 aliphatic heterocycles. The van der Waals surface area contributed by atoms with Gasteiger partial charge in [0.1, 0.15) is 0 Å². The van der Waals surface area contributed by atoms with Crippen molar-refractivity contribution in [2.24, 2.45) is 5.92 Å². The smallest absolute Gasteiger partial charge is 0.310 e. The fourth-order valence-electron chi connectivity index (χ4n) is 3.55. The second-order valence-corrected chi connectivity index (χ2v) is 6.58. The van der Waals surface area contributed by atoms with E-state index in [0.717, 1.165) is 50.9 Å². The number of hydrogen-bond donors (Lipinski definition) is 1. The number of carbonyl (C=O) groups excluding carboxylic acids is 2. The Hall–Kier alpha value is -2.64. The van der Waals surface area contributed by atoms with Gasteiger partial charge in [-0.05, 0) is 37.8 Å². The lowest BCUT2D eigenvalue weighted by atomic mass is 9.96. The summed E-state index contributed by atoms with van der Waals surface area (Å²) < 4.78 is 0. The van der Waals surface area contributed by atoms with Crippen molar-refractivity contribution in [3.05, 3.63) is 33.9 Å². The number of benzene rings is 1. The first-order valence-electron chi connectivity index (χ1n) is 8.53. The number of nitrogens with zero attached hydrogens (tertiary/aromatic N) is 3. The van der Waals surface area contributed by atoms with Gasteiger partial charge in [-0.25, -0.2) is 0 Å². The number of phenols is 1. The number of piperidine rings is 1. The molecule has 0 spiro atoms. The summed E-state index contributed by atoms with van der Waals surface area (Å²) in [5.41, 5.74) is -0.241. The van der Waals surface area contributed by atoms with Crippen LogP contribution in [0.4, 0.5) is 5.69 Å². The Morgan fingerprint density at radius 2 is 1.80 bits per heavy atom. The molecule has 2 fully saturated rings. The summed E-state index contributed by atoms with van der Waals surface area (Å²) in [5.74, 6) is -0.925. The van der Waals surface area contributed by atoms with Gasteiger partial charge in [0.25, 0.3) is 5.91 Å². The molecule has 8 nitrogen and oxygen atoms in total. The summed E-state index contributed by atoms with van der Waals surface area (Å²) in [6.45, 7) is 2.48. The highest BCUT2D eigenvalue weighted by Crippen LogP contribution is 2.28. The number of aromatic hydroxyl groups is 1. The van der Waals surface area contributed by atoms with E-state index >= 15 is 0 Å². The van der Waals surface area contributed by atoms with Crippen molar-refractivity contribution in [2.45, 2.75) is 25.7 Å². The Morgan fingerprint density at radius 3 is 2.44 bits per heavy atom. The topological polar surface area (TPSA) is 104 Å². The lowest BCUT2D eigenvalue weighted by Gasteiger charge is -2.34. The van der Waals surface area contributed by atoms with E-state index in [1.165, 1.54) is 6.07 Å². The summed E-state index contributed by atoms with van der Waals surface area (Å²) in [7, 11) is 0. The zero-order chi connectivity index (χ0) is 18.0. The SMILES string of the molecule is O=C(c1ccc([N+](=O)[O-])c(O)c1)N1CCC[C@H](C(=O)N2CCCC2)C1. The first-order valence-corrected chi connectivity index (χ1v) is 8.53. The van der Waals surface area contributed by atoms with Gasteiger partial charge in [0, 0.05) is 37.8 Å². The Labute approximate surface area is 145 Å². The maximum absolute atomic E-state index is 12.6. The maximum atomic E-state index is 12.6. The molecule has 3 rings (SSSR count). The largest absolute Gasteiger partial charge is 0.502 e. The normalized spacial score (nSPS) is 20.6. The van der Waals surface area contributed by atoms with E-state index in [1.54, 1.807) is 4.90 Å². The second kappa shape index (κ2) is 7.08. The van der Waals surface area contributed by atoms with Gasteiger partial charge in [-0.3, -0.25) is 19.7 Å². The van der Waals surface area contributed by atoms with Gasteiger partial charge in [-0.15, -0.1) is 0 Å². The molecule has 2 heterocycles. The first-order chi connectivity index (χ1) is 12.0. The third-order valence-corrected chi connectivity index (χ3v) is 4.89. The van der Waals surface area contributed by atoms with E-state index in [4.69, 9.17) is 0 Å². The molecule has 2 saturated heterocycles. The highest BCUT2D eigenvalue weighted by molar-refractivity contribution is 5.95. The quantitative estimate of drug-likeness (QED) is 0.663. The number of amides is 2. The zero-order valence-corrected chi connectivity index (χ0v) is 13.9. The van der Waals surface area contributed by atoms with E-state index in [0.29, 0.717) is 13.1 Å². The summed E-state index contributed by atoms with van der Waals surface area (Å²) in [5, 5.41) is 20.5. The Morgan fingerprint density at radius 1 is 1.12 bits per heavy atom. The van der Waals surface area contributed by atoms with E-state index < -0.39 is 16.4 Å². The van der Waals surface area contributed by atoms with Gasteiger partial charge < -0.3 is 14.9 Å². The first kappa shape index (κ1) is 17.2. The third-order valence-electron chi connectivity index (χ3n) is 4.89. The zero-order valence-electron chi connectivity index (χ0n) is 13.9. The van der Waals surface area contributed by atoms with E-state index in [9.17, 15) is 24.8 Å². The average molecular weight is 347 g/mol. The van der Waals surface area contributed by atoms with Crippen LogP contribution in [0.3, 0.4) is 0 Å². The minimum absolute atomic E-state index is 0.113. The molecule has 2 aliphatic rings. The van der Waals surface area contributed by atoms with Crippen LogP contribution in [0.15, 0.2) is 18.2 Å². The molecule has 0 radical (unpaired) electrons. The fourth-order valence-corrected chi connectivity index (χ4v) is 3.55. The molecule has 1 aromatic rings. The standard InChI is InChI=1S/C17H21N3O5/c21-15-10-12(5-6-14(15)20(24)25)16(22)19-9-3-4-13(11-19)17(23)18-7-1-2-8-18/h5-6,10,13,21H,1-4,7-9,11H2/t13-/m0/s1. The van der Waals surface area contributed by atoms with Gasteiger partial charge in [0.05, 0.1) is 10.8 Å². The molecule has 1 atom stereocenters. The minimum Gasteiger partial charge on any atom is -0.502 e. The molecule has 0 bridgehead atoms. The molecule has 134 valence electrons. The van der Waals surface area contributed by atoms with Crippen molar-refractivity contribution in [2.75, 3.05) is 26.2 Å². The Bertz CT molecular complexity index is 700. The van der Waals surface area contributed by atoms with Gasteiger partial charge in [0.2, 0.25) is 5.91 Å². The lowest BCUT2D eigenvalue weighted by molar-refractivity contribution is -0.385. The number of likely N-dealkylation sites (tertiary alicyclic amines) is 2. The van der Waals surface area contributed by atoms with Crippen LogP contribution < -0.4 is 0 Å². The third kappa shape index (κ3) is 3.57. The van der Waals surface area contributed by atoms with Crippen molar-refractivity contribution in [3.8, 4) is 5.75 Å². The van der Waals surface area contributed by atoms with Crippen LogP contribution in [0, 0.1) is 16.0 Å². The monoisotopic (exact) mass is 347 g/mol. The highest BCUT2D eigenvalue weighted by atomic mass is 16.6. The van der Waals surface area contributed by atoms with Crippen molar-refractivity contribution >= 4 is 17.5 Å². The van der Waals surface area contributed by atoms with Crippen LogP contribution in [0.2, 0.25) is 0 Å². The number of rotatable bonds is 3. The molecule has 8 heteroatoms. The predicted octanol–water partition coefficient (Wildman–Crippen LogP) is 1.77. The molecule has 1 aromatic carbocycles. The molecule has 25 heavy (non-hydrogen) atoms. The van der Waals surface area contributed by atoms with Gasteiger partial charge in [-0.1, -0.05) is 0 Å². The predicted molar refractivity (Wildman–Crippen MR) is 89.2 cm³/mol. The Balaban J connectivity index is 1.70. The molecular formula is C17H21N3O5. The number of phenolic OH excluding ortho intramolecular Hbond substituents is 1. The van der Waals surface area contributed by atoms with Crippen LogP contribution in [0.25, 0.3) is 0 Å². The molecule has 0 saturated carbocycles. The van der Waals surface area contributed by atoms with Gasteiger partial charge in [0.15, 0.2) is 5.75 Å². The molecule has 2 amide bonds. The van der Waals surface area contributed by atoms with E-state index in [-0.39, 0.29) is 23.3 Å². The molecular weight excluding hydrogens is 326 g/mol. The number of hydrogen-bond acceptors (Lipinski definition) is 5. The summed E-state index contributed by atoms with van der Waals surface area (Å²) >= 11 is 0. The highest BCUT2D eigenvalue weighted by Gasteiger charge is 2.32.